The second kappa shape index (κ2) is 6.31. The van der Waals surface area contributed by atoms with Gasteiger partial charge in [-0.05, 0) is 49.2 Å². The lowest BCUT2D eigenvalue weighted by Gasteiger charge is -2.13. The molecule has 0 atom stereocenters. The van der Waals surface area contributed by atoms with Crippen LogP contribution in [0.1, 0.15) is 27.0 Å². The molecule has 0 aromatic heterocycles. The Kier molecular flexibility index (Phi) is 4.68. The molecule has 0 unspecified atom stereocenters. The number of carbonyl (C=O) groups is 1. The maximum Gasteiger partial charge on any atom is 0.194 e. The summed E-state index contributed by atoms with van der Waals surface area (Å²) in [5, 5.41) is 0. The van der Waals surface area contributed by atoms with Crippen molar-refractivity contribution in [1.82, 2.24) is 0 Å². The predicted molar refractivity (Wildman–Crippen MR) is 86.6 cm³/mol. The van der Waals surface area contributed by atoms with Crippen molar-refractivity contribution in [2.45, 2.75) is 13.8 Å². The highest BCUT2D eigenvalue weighted by atomic mass is 79.9. The van der Waals surface area contributed by atoms with Crippen LogP contribution in [-0.2, 0) is 0 Å². The van der Waals surface area contributed by atoms with E-state index in [0.29, 0.717) is 22.6 Å². The van der Waals surface area contributed by atoms with Crippen LogP contribution in [0.15, 0.2) is 34.8 Å². The van der Waals surface area contributed by atoms with Crippen LogP contribution in [0.2, 0.25) is 0 Å². The summed E-state index contributed by atoms with van der Waals surface area (Å²) in [7, 11) is 3.14. The molecule has 0 fully saturated rings. The first-order valence-electron chi connectivity index (χ1n) is 6.51. The summed E-state index contributed by atoms with van der Waals surface area (Å²) < 4.78 is 11.3. The fraction of sp³-hybridized carbons (Fsp3) is 0.235. The van der Waals surface area contributed by atoms with Gasteiger partial charge >= 0.3 is 0 Å². The maximum atomic E-state index is 12.7. The van der Waals surface area contributed by atoms with Crippen molar-refractivity contribution in [3.8, 4) is 11.5 Å². The monoisotopic (exact) mass is 348 g/mol. The van der Waals surface area contributed by atoms with Crippen molar-refractivity contribution in [2.75, 3.05) is 14.2 Å². The summed E-state index contributed by atoms with van der Waals surface area (Å²) in [6.45, 7) is 3.87. The highest BCUT2D eigenvalue weighted by Crippen LogP contribution is 2.32. The first-order chi connectivity index (χ1) is 9.97. The molecule has 21 heavy (non-hydrogen) atoms. The van der Waals surface area contributed by atoms with Crippen LogP contribution in [0, 0.1) is 13.8 Å². The fourth-order valence-electron chi connectivity index (χ4n) is 2.17. The van der Waals surface area contributed by atoms with Crippen molar-refractivity contribution in [2.24, 2.45) is 0 Å². The van der Waals surface area contributed by atoms with Crippen LogP contribution in [0.4, 0.5) is 0 Å². The molecule has 0 bridgehead atoms. The minimum absolute atomic E-state index is 0.0414. The Morgan fingerprint density at radius 1 is 0.952 bits per heavy atom. The molecule has 0 amide bonds. The van der Waals surface area contributed by atoms with Gasteiger partial charge in [0.15, 0.2) is 17.3 Å². The molecule has 0 heterocycles. The maximum absolute atomic E-state index is 12.7. The van der Waals surface area contributed by atoms with Crippen LogP contribution in [0.25, 0.3) is 0 Å². The van der Waals surface area contributed by atoms with E-state index in [1.807, 2.05) is 38.1 Å². The zero-order valence-electron chi connectivity index (χ0n) is 12.5. The van der Waals surface area contributed by atoms with Gasteiger partial charge < -0.3 is 9.47 Å². The van der Waals surface area contributed by atoms with E-state index >= 15 is 0 Å². The first kappa shape index (κ1) is 15.6. The molecule has 110 valence electrons. The molecule has 0 spiro atoms. The third-order valence-corrected chi connectivity index (χ3v) is 4.00. The second-order valence-electron chi connectivity index (χ2n) is 4.83. The van der Waals surface area contributed by atoms with Gasteiger partial charge in [0.25, 0.3) is 0 Å². The Bertz CT molecular complexity index is 693. The second-order valence-corrected chi connectivity index (χ2v) is 5.69. The van der Waals surface area contributed by atoms with Crippen molar-refractivity contribution < 1.29 is 14.3 Å². The number of hydrogen-bond donors (Lipinski definition) is 0. The highest BCUT2D eigenvalue weighted by molar-refractivity contribution is 9.10. The normalized spacial score (nSPS) is 10.3. The Hall–Kier alpha value is -1.81. The van der Waals surface area contributed by atoms with Crippen molar-refractivity contribution in [3.63, 3.8) is 0 Å². The van der Waals surface area contributed by atoms with E-state index in [0.717, 1.165) is 15.6 Å². The van der Waals surface area contributed by atoms with Crippen LogP contribution in [0.5, 0.6) is 11.5 Å². The zero-order chi connectivity index (χ0) is 15.6. The average Bonchev–Trinajstić information content (AvgIpc) is 2.46. The van der Waals surface area contributed by atoms with Gasteiger partial charge in [-0.15, -0.1) is 0 Å². The van der Waals surface area contributed by atoms with E-state index in [9.17, 15) is 4.79 Å². The molecule has 2 aromatic rings. The summed E-state index contributed by atoms with van der Waals surface area (Å²) in [5.74, 6) is 1.13. The van der Waals surface area contributed by atoms with E-state index in [1.165, 1.54) is 0 Å². The lowest BCUT2D eigenvalue weighted by atomic mass is 9.98. The molecule has 0 N–H and O–H groups in total. The molecule has 0 radical (unpaired) electrons. The molecule has 0 aliphatic rings. The molecule has 0 saturated carbocycles. The van der Waals surface area contributed by atoms with E-state index in [4.69, 9.17) is 9.47 Å². The first-order valence-corrected chi connectivity index (χ1v) is 7.30. The minimum atomic E-state index is -0.0414. The zero-order valence-corrected chi connectivity index (χ0v) is 14.1. The van der Waals surface area contributed by atoms with Crippen molar-refractivity contribution in [1.29, 1.82) is 0 Å². The number of ether oxygens (including phenoxy) is 2. The molecule has 0 saturated heterocycles. The Morgan fingerprint density at radius 3 is 2.14 bits per heavy atom. The minimum Gasteiger partial charge on any atom is -0.493 e. The number of methoxy groups -OCH3 is 2. The SMILES string of the molecule is COc1cc(C)c(C(=O)c2ccc(C)cc2Br)cc1OC. The number of hydrogen-bond acceptors (Lipinski definition) is 3. The van der Waals surface area contributed by atoms with Crippen molar-refractivity contribution in [3.05, 3.63) is 57.1 Å². The summed E-state index contributed by atoms with van der Waals surface area (Å²) >= 11 is 3.46. The number of rotatable bonds is 4. The highest BCUT2D eigenvalue weighted by Gasteiger charge is 2.18. The predicted octanol–water partition coefficient (Wildman–Crippen LogP) is 4.31. The molecule has 2 rings (SSSR count). The van der Waals surface area contributed by atoms with Gasteiger partial charge in [0, 0.05) is 15.6 Å². The van der Waals surface area contributed by atoms with E-state index in [-0.39, 0.29) is 5.78 Å². The van der Waals surface area contributed by atoms with Crippen LogP contribution in [0.3, 0.4) is 0 Å². The van der Waals surface area contributed by atoms with Gasteiger partial charge in [-0.1, -0.05) is 22.0 Å². The summed E-state index contributed by atoms with van der Waals surface area (Å²) in [6, 6.07) is 9.23. The third-order valence-electron chi connectivity index (χ3n) is 3.34. The Morgan fingerprint density at radius 2 is 1.57 bits per heavy atom. The number of benzene rings is 2. The topological polar surface area (TPSA) is 35.5 Å². The fourth-order valence-corrected chi connectivity index (χ4v) is 2.85. The summed E-state index contributed by atoms with van der Waals surface area (Å²) in [6.07, 6.45) is 0. The number of ketones is 1. The quantitative estimate of drug-likeness (QED) is 0.772. The summed E-state index contributed by atoms with van der Waals surface area (Å²) in [5.41, 5.74) is 3.20. The van der Waals surface area contributed by atoms with Gasteiger partial charge in [0.1, 0.15) is 0 Å². The van der Waals surface area contributed by atoms with Gasteiger partial charge in [0.2, 0.25) is 0 Å². The number of halogens is 1. The molecule has 4 heteroatoms. The van der Waals surface area contributed by atoms with Crippen LogP contribution >= 0.6 is 15.9 Å². The molecule has 0 aliphatic carbocycles. The van der Waals surface area contributed by atoms with Gasteiger partial charge in [-0.2, -0.15) is 0 Å². The third kappa shape index (κ3) is 3.10. The number of carbonyl (C=O) groups excluding carboxylic acids is 1. The van der Waals surface area contributed by atoms with E-state index < -0.39 is 0 Å². The molecule has 0 aliphatic heterocycles. The molecule has 3 nitrogen and oxygen atoms in total. The Balaban J connectivity index is 2.53. The average molecular weight is 349 g/mol. The largest absolute Gasteiger partial charge is 0.493 e. The number of aryl methyl sites for hydroxylation is 2. The van der Waals surface area contributed by atoms with Crippen molar-refractivity contribution >= 4 is 21.7 Å². The molecule has 2 aromatic carbocycles. The lowest BCUT2D eigenvalue weighted by molar-refractivity contribution is 0.103. The lowest BCUT2D eigenvalue weighted by Crippen LogP contribution is -2.06. The van der Waals surface area contributed by atoms with Crippen LogP contribution in [-0.4, -0.2) is 20.0 Å². The van der Waals surface area contributed by atoms with Gasteiger partial charge in [-0.25, -0.2) is 0 Å². The Labute approximate surface area is 133 Å². The van der Waals surface area contributed by atoms with Crippen LogP contribution < -0.4 is 9.47 Å². The van der Waals surface area contributed by atoms with Gasteiger partial charge in [-0.3, -0.25) is 4.79 Å². The van der Waals surface area contributed by atoms with Gasteiger partial charge in [0.05, 0.1) is 14.2 Å². The van der Waals surface area contributed by atoms with E-state index in [1.54, 1.807) is 20.3 Å². The molecular formula is C17H17BrO3. The standard InChI is InChI=1S/C17H17BrO3/c1-10-5-6-12(14(18)7-10)17(19)13-9-16(21-4)15(20-3)8-11(13)2/h5-9H,1-4H3. The smallest absolute Gasteiger partial charge is 0.194 e. The van der Waals surface area contributed by atoms with E-state index in [2.05, 4.69) is 15.9 Å². The summed E-state index contributed by atoms with van der Waals surface area (Å²) in [4.78, 5) is 12.7. The molecular weight excluding hydrogens is 332 g/mol.